The zero-order valence-corrected chi connectivity index (χ0v) is 12.8. The normalized spacial score (nSPS) is 10.6. The van der Waals surface area contributed by atoms with Gasteiger partial charge in [-0.3, -0.25) is 0 Å². The van der Waals surface area contributed by atoms with Crippen LogP contribution in [0.25, 0.3) is 0 Å². The summed E-state index contributed by atoms with van der Waals surface area (Å²) >= 11 is 16.9. The molecule has 2 aromatic rings. The third-order valence-electron chi connectivity index (χ3n) is 2.40. The summed E-state index contributed by atoms with van der Waals surface area (Å²) in [4.78, 5) is 0. The highest BCUT2D eigenvalue weighted by atomic mass is 35.6. The third kappa shape index (κ3) is 6.31. The summed E-state index contributed by atoms with van der Waals surface area (Å²) in [5.74, 6) is 0. The van der Waals surface area contributed by atoms with E-state index in [1.54, 1.807) is 24.3 Å². The minimum Gasteiger partial charge on any atom is -0.392 e. The molecule has 0 bridgehead atoms. The Hall–Kier alpha value is -0.730. The Morgan fingerprint density at radius 3 is 1.74 bits per heavy atom. The average molecular weight is 318 g/mol. The number of rotatable bonds is 1. The minimum absolute atomic E-state index is 0.000136. The van der Waals surface area contributed by atoms with Gasteiger partial charge in [0.05, 0.1) is 6.61 Å². The van der Waals surface area contributed by atoms with Crippen LogP contribution in [-0.2, 0) is 10.4 Å². The number of hydrogen-bond donors (Lipinski definition) is 1. The highest BCUT2D eigenvalue weighted by Crippen LogP contribution is 2.37. The van der Waals surface area contributed by atoms with Gasteiger partial charge in [0, 0.05) is 5.56 Å². The van der Waals surface area contributed by atoms with Crippen molar-refractivity contribution in [2.24, 2.45) is 0 Å². The molecule has 0 spiro atoms. The number of aryl methyl sites for hydroxylation is 1. The molecule has 0 saturated heterocycles. The van der Waals surface area contributed by atoms with E-state index in [2.05, 4.69) is 19.1 Å². The maximum atomic E-state index is 8.73. The zero-order chi connectivity index (χ0) is 14.3. The van der Waals surface area contributed by atoms with Crippen LogP contribution in [0.5, 0.6) is 0 Å². The van der Waals surface area contributed by atoms with Crippen LogP contribution in [0.3, 0.4) is 0 Å². The monoisotopic (exact) mass is 316 g/mol. The molecule has 102 valence electrons. The molecule has 0 saturated carbocycles. The Kier molecular flexibility index (Phi) is 6.67. The van der Waals surface area contributed by atoms with Gasteiger partial charge in [-0.25, -0.2) is 0 Å². The lowest BCUT2D eigenvalue weighted by Crippen LogP contribution is -1.99. The predicted octanol–water partition coefficient (Wildman–Crippen LogP) is 5.00. The molecule has 0 amide bonds. The predicted molar refractivity (Wildman–Crippen MR) is 82.8 cm³/mol. The highest BCUT2D eigenvalue weighted by Gasteiger charge is 2.21. The summed E-state index contributed by atoms with van der Waals surface area (Å²) < 4.78 is -1.38. The molecule has 0 aromatic heterocycles. The van der Waals surface area contributed by atoms with Crippen molar-refractivity contribution in [3.63, 3.8) is 0 Å². The van der Waals surface area contributed by atoms with Gasteiger partial charge in [-0.15, -0.1) is 0 Å². The first-order chi connectivity index (χ1) is 8.93. The maximum Gasteiger partial charge on any atom is 0.216 e. The number of alkyl halides is 3. The molecule has 2 aromatic carbocycles. The Balaban J connectivity index is 0.000000218. The molecule has 19 heavy (non-hydrogen) atoms. The molecule has 0 aliphatic heterocycles. The summed E-state index contributed by atoms with van der Waals surface area (Å²) in [5.41, 5.74) is 2.72. The Labute approximate surface area is 128 Å². The maximum absolute atomic E-state index is 8.73. The number of halogens is 3. The summed E-state index contributed by atoms with van der Waals surface area (Å²) in [5, 5.41) is 8.73. The quantitative estimate of drug-likeness (QED) is 0.734. The van der Waals surface area contributed by atoms with Gasteiger partial charge in [0.25, 0.3) is 0 Å². The largest absolute Gasteiger partial charge is 0.392 e. The Morgan fingerprint density at radius 1 is 0.895 bits per heavy atom. The SMILES string of the molecule is Cc1ccccc1.OCc1ccc(C(Cl)(Cl)Cl)cc1. The second-order valence-corrected chi connectivity index (χ2v) is 6.29. The van der Waals surface area contributed by atoms with Gasteiger partial charge in [-0.2, -0.15) is 0 Å². The number of hydrogen-bond acceptors (Lipinski definition) is 1. The molecule has 0 fully saturated rings. The van der Waals surface area contributed by atoms with E-state index in [0.717, 1.165) is 5.56 Å². The fraction of sp³-hybridized carbons (Fsp3) is 0.200. The zero-order valence-electron chi connectivity index (χ0n) is 10.5. The lowest BCUT2D eigenvalue weighted by Gasteiger charge is -2.10. The van der Waals surface area contributed by atoms with Crippen molar-refractivity contribution in [1.29, 1.82) is 0 Å². The van der Waals surface area contributed by atoms with Gasteiger partial charge in [0.1, 0.15) is 0 Å². The molecular formula is C15H15Cl3O. The highest BCUT2D eigenvalue weighted by molar-refractivity contribution is 6.66. The van der Waals surface area contributed by atoms with E-state index in [9.17, 15) is 0 Å². The van der Waals surface area contributed by atoms with Crippen molar-refractivity contribution in [2.75, 3.05) is 0 Å². The van der Waals surface area contributed by atoms with Gasteiger partial charge < -0.3 is 5.11 Å². The van der Waals surface area contributed by atoms with Gasteiger partial charge >= 0.3 is 0 Å². The van der Waals surface area contributed by atoms with Crippen LogP contribution in [0.2, 0.25) is 0 Å². The number of aliphatic hydroxyl groups is 1. The van der Waals surface area contributed by atoms with Crippen molar-refractivity contribution in [1.82, 2.24) is 0 Å². The first-order valence-corrected chi connectivity index (χ1v) is 6.85. The van der Waals surface area contributed by atoms with E-state index in [4.69, 9.17) is 39.9 Å². The van der Waals surface area contributed by atoms with Gasteiger partial charge in [0.2, 0.25) is 3.79 Å². The van der Waals surface area contributed by atoms with Crippen molar-refractivity contribution in [3.05, 3.63) is 71.3 Å². The van der Waals surface area contributed by atoms with Crippen molar-refractivity contribution >= 4 is 34.8 Å². The standard InChI is InChI=1S/C8H7Cl3O.C7H8/c9-8(10,11)7-3-1-6(5-12)2-4-7;1-7-5-3-2-4-6-7/h1-4,12H,5H2;2-6H,1H3. The molecule has 0 radical (unpaired) electrons. The van der Waals surface area contributed by atoms with E-state index in [1.807, 2.05) is 18.2 Å². The van der Waals surface area contributed by atoms with Crippen molar-refractivity contribution in [3.8, 4) is 0 Å². The number of aliphatic hydroxyl groups excluding tert-OH is 1. The summed E-state index contributed by atoms with van der Waals surface area (Å²) in [7, 11) is 0. The lowest BCUT2D eigenvalue weighted by molar-refractivity contribution is 0.282. The molecule has 0 heterocycles. The van der Waals surface area contributed by atoms with Crippen LogP contribution in [0.15, 0.2) is 54.6 Å². The molecule has 1 nitrogen and oxygen atoms in total. The van der Waals surface area contributed by atoms with E-state index >= 15 is 0 Å². The van der Waals surface area contributed by atoms with Crippen LogP contribution in [0.4, 0.5) is 0 Å². The van der Waals surface area contributed by atoms with Crippen molar-refractivity contribution in [2.45, 2.75) is 17.3 Å². The lowest BCUT2D eigenvalue weighted by atomic mass is 10.2. The van der Waals surface area contributed by atoms with Crippen LogP contribution in [0.1, 0.15) is 16.7 Å². The van der Waals surface area contributed by atoms with Crippen LogP contribution in [-0.4, -0.2) is 5.11 Å². The van der Waals surface area contributed by atoms with E-state index in [0.29, 0.717) is 5.56 Å². The average Bonchev–Trinajstić information content (AvgIpc) is 2.39. The summed E-state index contributed by atoms with van der Waals surface area (Å²) in [6.07, 6.45) is 0. The van der Waals surface area contributed by atoms with Gasteiger partial charge in [0.15, 0.2) is 0 Å². The molecular weight excluding hydrogens is 303 g/mol. The van der Waals surface area contributed by atoms with E-state index in [-0.39, 0.29) is 6.61 Å². The molecule has 0 aliphatic rings. The van der Waals surface area contributed by atoms with Crippen LogP contribution in [0, 0.1) is 6.92 Å². The number of benzene rings is 2. The minimum atomic E-state index is -1.38. The first-order valence-electron chi connectivity index (χ1n) is 5.72. The first kappa shape index (κ1) is 16.3. The molecule has 1 N–H and O–H groups in total. The summed E-state index contributed by atoms with van der Waals surface area (Å²) in [6, 6.07) is 17.1. The smallest absolute Gasteiger partial charge is 0.216 e. The fourth-order valence-electron chi connectivity index (χ4n) is 1.33. The Bertz CT molecular complexity index is 475. The van der Waals surface area contributed by atoms with Crippen LogP contribution < -0.4 is 0 Å². The van der Waals surface area contributed by atoms with Gasteiger partial charge in [-0.1, -0.05) is 95.0 Å². The van der Waals surface area contributed by atoms with Crippen LogP contribution >= 0.6 is 34.8 Å². The fourth-order valence-corrected chi connectivity index (χ4v) is 1.71. The summed E-state index contributed by atoms with van der Waals surface area (Å²) in [6.45, 7) is 2.08. The Morgan fingerprint density at radius 2 is 1.42 bits per heavy atom. The van der Waals surface area contributed by atoms with E-state index < -0.39 is 3.79 Å². The van der Waals surface area contributed by atoms with E-state index in [1.165, 1.54) is 5.56 Å². The molecule has 0 aliphatic carbocycles. The second kappa shape index (κ2) is 7.76. The second-order valence-electron chi connectivity index (χ2n) is 4.01. The molecule has 0 atom stereocenters. The molecule has 4 heteroatoms. The molecule has 2 rings (SSSR count). The van der Waals surface area contributed by atoms with Crippen molar-refractivity contribution < 1.29 is 5.11 Å². The molecule has 0 unspecified atom stereocenters. The van der Waals surface area contributed by atoms with Gasteiger partial charge in [-0.05, 0) is 12.5 Å². The topological polar surface area (TPSA) is 20.2 Å². The third-order valence-corrected chi connectivity index (χ3v) is 3.06.